The highest BCUT2D eigenvalue weighted by Crippen LogP contribution is 2.29. The molecule has 3 rings (SSSR count). The van der Waals surface area contributed by atoms with E-state index in [2.05, 4.69) is 41.9 Å². The van der Waals surface area contributed by atoms with Crippen molar-refractivity contribution in [3.05, 3.63) is 64.7 Å². The van der Waals surface area contributed by atoms with Crippen molar-refractivity contribution in [1.82, 2.24) is 4.98 Å². The maximum atomic E-state index is 12.6. The van der Waals surface area contributed by atoms with E-state index in [4.69, 9.17) is 9.72 Å². The molecular weight excluding hydrogens is 388 g/mol. The third kappa shape index (κ3) is 5.14. The average molecular weight is 413 g/mol. The van der Waals surface area contributed by atoms with Crippen LogP contribution in [-0.4, -0.2) is 23.3 Å². The summed E-state index contributed by atoms with van der Waals surface area (Å²) in [4.78, 5) is 17.3. The Balaban J connectivity index is 1.58. The first-order valence-corrected chi connectivity index (χ1v) is 11.0. The number of benzene rings is 2. The van der Waals surface area contributed by atoms with Crippen LogP contribution in [0.4, 0.5) is 5.69 Å². The van der Waals surface area contributed by atoms with Crippen molar-refractivity contribution in [3.8, 4) is 16.3 Å². The Bertz CT molecular complexity index is 951. The molecule has 1 atom stereocenters. The van der Waals surface area contributed by atoms with Gasteiger partial charge in [-0.15, -0.1) is 23.1 Å². The highest BCUT2D eigenvalue weighted by Gasteiger charge is 2.16. The summed E-state index contributed by atoms with van der Waals surface area (Å²) in [6, 6.07) is 14.1. The highest BCUT2D eigenvalue weighted by molar-refractivity contribution is 7.99. The molecule has 146 valence electrons. The van der Waals surface area contributed by atoms with Crippen molar-refractivity contribution in [1.29, 1.82) is 0 Å². The predicted molar refractivity (Wildman–Crippen MR) is 119 cm³/mol. The first kappa shape index (κ1) is 20.4. The topological polar surface area (TPSA) is 51.2 Å². The summed E-state index contributed by atoms with van der Waals surface area (Å²) >= 11 is 3.21. The molecule has 6 heteroatoms. The Labute approximate surface area is 174 Å². The number of methoxy groups -OCH3 is 1. The van der Waals surface area contributed by atoms with Gasteiger partial charge in [0.05, 0.1) is 23.7 Å². The van der Waals surface area contributed by atoms with Crippen LogP contribution in [0.3, 0.4) is 0 Å². The molecule has 0 saturated heterocycles. The van der Waals surface area contributed by atoms with Crippen molar-refractivity contribution in [3.63, 3.8) is 0 Å². The Kier molecular flexibility index (Phi) is 6.75. The van der Waals surface area contributed by atoms with Crippen molar-refractivity contribution in [2.45, 2.75) is 31.8 Å². The van der Waals surface area contributed by atoms with Crippen molar-refractivity contribution in [2.75, 3.05) is 12.4 Å². The minimum Gasteiger partial charge on any atom is -0.495 e. The lowest BCUT2D eigenvalue weighted by Gasteiger charge is -2.14. The van der Waals surface area contributed by atoms with Gasteiger partial charge in [0.15, 0.2) is 0 Å². The minimum atomic E-state index is -0.199. The van der Waals surface area contributed by atoms with Crippen LogP contribution in [0.5, 0.6) is 5.75 Å². The number of aromatic nitrogens is 1. The molecule has 0 bridgehead atoms. The highest BCUT2D eigenvalue weighted by atomic mass is 32.2. The maximum absolute atomic E-state index is 12.6. The standard InChI is InChI=1S/C22H24N2O2S2/c1-14-5-8-17(9-6-14)22-23-18(13-28-22)12-27-16(3)21(25)24-19-11-15(2)7-10-20(19)26-4/h5-11,13,16H,12H2,1-4H3,(H,24,25). The molecule has 0 spiro atoms. The summed E-state index contributed by atoms with van der Waals surface area (Å²) in [5, 5.41) is 5.85. The number of hydrogen-bond donors (Lipinski definition) is 1. The third-order valence-electron chi connectivity index (χ3n) is 4.31. The van der Waals surface area contributed by atoms with Gasteiger partial charge in [0.25, 0.3) is 0 Å². The van der Waals surface area contributed by atoms with Gasteiger partial charge in [0, 0.05) is 16.7 Å². The van der Waals surface area contributed by atoms with Gasteiger partial charge in [-0.1, -0.05) is 35.9 Å². The molecule has 1 amide bonds. The van der Waals surface area contributed by atoms with Crippen LogP contribution in [0.15, 0.2) is 47.8 Å². The van der Waals surface area contributed by atoms with E-state index in [9.17, 15) is 4.79 Å². The van der Waals surface area contributed by atoms with Crippen LogP contribution in [0.25, 0.3) is 10.6 Å². The lowest BCUT2D eigenvalue weighted by Crippen LogP contribution is -2.23. The van der Waals surface area contributed by atoms with Gasteiger partial charge < -0.3 is 10.1 Å². The molecular formula is C22H24N2O2S2. The zero-order valence-corrected chi connectivity index (χ0v) is 18.1. The predicted octanol–water partition coefficient (Wildman–Crippen LogP) is 5.70. The molecule has 1 heterocycles. The van der Waals surface area contributed by atoms with Gasteiger partial charge in [0.2, 0.25) is 5.91 Å². The van der Waals surface area contributed by atoms with Crippen molar-refractivity contribution in [2.24, 2.45) is 0 Å². The number of carbonyl (C=O) groups is 1. The first-order chi connectivity index (χ1) is 13.5. The van der Waals surface area contributed by atoms with Crippen molar-refractivity contribution >= 4 is 34.7 Å². The molecule has 1 unspecified atom stereocenters. The molecule has 0 aliphatic rings. The fourth-order valence-corrected chi connectivity index (χ4v) is 4.35. The van der Waals surface area contributed by atoms with Gasteiger partial charge in [-0.3, -0.25) is 4.79 Å². The molecule has 28 heavy (non-hydrogen) atoms. The van der Waals surface area contributed by atoms with Gasteiger partial charge in [-0.25, -0.2) is 4.98 Å². The molecule has 0 fully saturated rings. The van der Waals surface area contributed by atoms with Crippen molar-refractivity contribution < 1.29 is 9.53 Å². The largest absolute Gasteiger partial charge is 0.495 e. The Morgan fingerprint density at radius 2 is 1.89 bits per heavy atom. The fraction of sp³-hybridized carbons (Fsp3) is 0.273. The smallest absolute Gasteiger partial charge is 0.237 e. The first-order valence-electron chi connectivity index (χ1n) is 9.05. The van der Waals surface area contributed by atoms with Gasteiger partial charge in [-0.05, 0) is 38.5 Å². The molecule has 3 aromatic rings. The van der Waals surface area contributed by atoms with E-state index in [0.717, 1.165) is 21.8 Å². The van der Waals surface area contributed by atoms with Gasteiger partial charge in [-0.2, -0.15) is 0 Å². The molecule has 0 aliphatic heterocycles. The second-order valence-corrected chi connectivity index (χ2v) is 8.84. The SMILES string of the molecule is COc1ccc(C)cc1NC(=O)C(C)SCc1csc(-c2ccc(C)cc2)n1. The van der Waals surface area contributed by atoms with E-state index >= 15 is 0 Å². The number of carbonyl (C=O) groups excluding carboxylic acids is 1. The lowest BCUT2D eigenvalue weighted by atomic mass is 10.2. The van der Waals surface area contributed by atoms with E-state index in [0.29, 0.717) is 17.2 Å². The number of aryl methyl sites for hydroxylation is 2. The summed E-state index contributed by atoms with van der Waals surface area (Å²) in [6.45, 7) is 5.98. The van der Waals surface area contributed by atoms with E-state index in [-0.39, 0.29) is 11.2 Å². The van der Waals surface area contributed by atoms with E-state index in [1.54, 1.807) is 30.2 Å². The summed E-state index contributed by atoms with van der Waals surface area (Å²) in [7, 11) is 1.60. The molecule has 4 nitrogen and oxygen atoms in total. The summed E-state index contributed by atoms with van der Waals surface area (Å²) < 4.78 is 5.33. The molecule has 0 saturated carbocycles. The quantitative estimate of drug-likeness (QED) is 0.541. The Morgan fingerprint density at radius 1 is 1.18 bits per heavy atom. The van der Waals surface area contributed by atoms with Crippen LogP contribution >= 0.6 is 23.1 Å². The lowest BCUT2D eigenvalue weighted by molar-refractivity contribution is -0.115. The molecule has 1 aromatic heterocycles. The number of nitrogens with one attached hydrogen (secondary N) is 1. The van der Waals surface area contributed by atoms with E-state index in [1.165, 1.54) is 5.56 Å². The average Bonchev–Trinajstić information content (AvgIpc) is 3.16. The summed E-state index contributed by atoms with van der Waals surface area (Å²) in [6.07, 6.45) is 0. The number of thiazole rings is 1. The van der Waals surface area contributed by atoms with E-state index in [1.807, 2.05) is 32.0 Å². The summed E-state index contributed by atoms with van der Waals surface area (Å²) in [5.74, 6) is 1.32. The normalized spacial score (nSPS) is 11.9. The minimum absolute atomic E-state index is 0.0390. The van der Waals surface area contributed by atoms with Crippen LogP contribution in [-0.2, 0) is 10.5 Å². The number of nitrogens with zero attached hydrogens (tertiary/aromatic N) is 1. The molecule has 0 radical (unpaired) electrons. The third-order valence-corrected chi connectivity index (χ3v) is 6.43. The van der Waals surface area contributed by atoms with Gasteiger partial charge >= 0.3 is 0 Å². The van der Waals surface area contributed by atoms with Crippen LogP contribution in [0.2, 0.25) is 0 Å². The maximum Gasteiger partial charge on any atom is 0.237 e. The number of ether oxygens (including phenoxy) is 1. The monoisotopic (exact) mass is 412 g/mol. The zero-order chi connectivity index (χ0) is 20.1. The molecule has 0 aliphatic carbocycles. The molecule has 1 N–H and O–H groups in total. The second kappa shape index (κ2) is 9.26. The molecule has 2 aromatic carbocycles. The fourth-order valence-electron chi connectivity index (χ4n) is 2.64. The van der Waals surface area contributed by atoms with Gasteiger partial charge in [0.1, 0.15) is 10.8 Å². The second-order valence-electron chi connectivity index (χ2n) is 6.66. The Morgan fingerprint density at radius 3 is 2.61 bits per heavy atom. The number of rotatable bonds is 7. The van der Waals surface area contributed by atoms with Crippen LogP contribution < -0.4 is 10.1 Å². The number of thioether (sulfide) groups is 1. The number of amides is 1. The zero-order valence-electron chi connectivity index (χ0n) is 16.5. The number of anilines is 1. The van der Waals surface area contributed by atoms with E-state index < -0.39 is 0 Å². The Hall–Kier alpha value is -2.31. The van der Waals surface area contributed by atoms with Crippen LogP contribution in [0.1, 0.15) is 23.7 Å². The number of hydrogen-bond acceptors (Lipinski definition) is 5. The van der Waals surface area contributed by atoms with Crippen LogP contribution in [0, 0.1) is 13.8 Å². The summed E-state index contributed by atoms with van der Waals surface area (Å²) in [5.41, 5.74) is 5.14.